The minimum atomic E-state index is 0.126. The van der Waals surface area contributed by atoms with Crippen LogP contribution in [-0.4, -0.2) is 32.3 Å². The number of carbonyl (C=O) groups is 1. The summed E-state index contributed by atoms with van der Waals surface area (Å²) >= 11 is 1.75. The lowest BCUT2D eigenvalue weighted by Gasteiger charge is -2.14. The molecule has 24 heavy (non-hydrogen) atoms. The first-order chi connectivity index (χ1) is 11.7. The van der Waals surface area contributed by atoms with Crippen LogP contribution in [0.1, 0.15) is 17.5 Å². The number of hydrogen-bond acceptors (Lipinski definition) is 2. The molecule has 0 saturated heterocycles. The predicted octanol–water partition coefficient (Wildman–Crippen LogP) is 2.17. The first-order valence-electron chi connectivity index (χ1n) is 8.42. The van der Waals surface area contributed by atoms with E-state index in [0.29, 0.717) is 6.54 Å². The first kappa shape index (κ1) is 18.6. The molecule has 2 aromatic carbocycles. The summed E-state index contributed by atoms with van der Waals surface area (Å²) in [5.41, 5.74) is 2.59. The Hall–Kier alpha value is -1.78. The van der Waals surface area contributed by atoms with Crippen molar-refractivity contribution in [2.45, 2.75) is 24.3 Å². The Bertz CT molecular complexity index is 613. The van der Waals surface area contributed by atoms with Crippen molar-refractivity contribution in [1.82, 2.24) is 5.32 Å². The molecule has 2 aromatic rings. The van der Waals surface area contributed by atoms with E-state index < -0.39 is 0 Å². The highest BCUT2D eigenvalue weighted by Crippen LogP contribution is 2.14. The Kier molecular flexibility index (Phi) is 7.86. The van der Waals surface area contributed by atoms with Gasteiger partial charge < -0.3 is 10.2 Å². The van der Waals surface area contributed by atoms with Gasteiger partial charge in [0.15, 0.2) is 6.54 Å². The summed E-state index contributed by atoms with van der Waals surface area (Å²) in [5, 5.41) is 3.02. The van der Waals surface area contributed by atoms with Crippen LogP contribution in [0.2, 0.25) is 0 Å². The van der Waals surface area contributed by atoms with E-state index in [2.05, 4.69) is 67.2 Å². The van der Waals surface area contributed by atoms with Crippen LogP contribution >= 0.6 is 11.8 Å². The second-order valence-corrected chi connectivity index (χ2v) is 6.98. The van der Waals surface area contributed by atoms with Gasteiger partial charge in [0.1, 0.15) is 6.54 Å². The molecule has 0 spiro atoms. The van der Waals surface area contributed by atoms with E-state index in [-0.39, 0.29) is 5.91 Å². The van der Waals surface area contributed by atoms with Crippen LogP contribution in [0, 0.1) is 0 Å². The fourth-order valence-electron chi connectivity index (χ4n) is 2.66. The fraction of sp³-hybridized carbons (Fsp3) is 0.350. The highest BCUT2D eigenvalue weighted by Gasteiger charge is 2.10. The average molecular weight is 344 g/mol. The molecule has 0 aliphatic rings. The fourth-order valence-corrected chi connectivity index (χ4v) is 3.06. The van der Waals surface area contributed by atoms with Crippen molar-refractivity contribution in [3.8, 4) is 0 Å². The molecule has 0 aliphatic carbocycles. The summed E-state index contributed by atoms with van der Waals surface area (Å²) in [5.74, 6) is 0.126. The van der Waals surface area contributed by atoms with Crippen molar-refractivity contribution in [2.24, 2.45) is 0 Å². The van der Waals surface area contributed by atoms with Gasteiger partial charge in [-0.15, -0.1) is 11.8 Å². The number of rotatable bonds is 9. The Morgan fingerprint density at radius 2 is 1.75 bits per heavy atom. The third-order valence-electron chi connectivity index (χ3n) is 3.93. The minimum absolute atomic E-state index is 0.126. The van der Waals surface area contributed by atoms with Crippen molar-refractivity contribution >= 4 is 17.7 Å². The SMILES string of the molecule is CSc1ccc(C[NH+](C)CC(=O)NCCCc2ccccc2)cc1. The molecule has 1 atom stereocenters. The minimum Gasteiger partial charge on any atom is -0.351 e. The van der Waals surface area contributed by atoms with Crippen LogP contribution in [0.25, 0.3) is 0 Å². The zero-order valence-electron chi connectivity index (χ0n) is 14.5. The van der Waals surface area contributed by atoms with E-state index >= 15 is 0 Å². The first-order valence-corrected chi connectivity index (χ1v) is 9.64. The third-order valence-corrected chi connectivity index (χ3v) is 4.68. The molecule has 128 valence electrons. The predicted molar refractivity (Wildman–Crippen MR) is 101 cm³/mol. The van der Waals surface area contributed by atoms with Gasteiger partial charge in [-0.05, 0) is 36.8 Å². The summed E-state index contributed by atoms with van der Waals surface area (Å²) in [6.45, 7) is 2.12. The monoisotopic (exact) mass is 343 g/mol. The van der Waals surface area contributed by atoms with Crippen LogP contribution in [0.15, 0.2) is 59.5 Å². The standard InChI is InChI=1S/C20H26N2OS/c1-22(15-18-10-12-19(24-2)13-11-18)16-20(23)21-14-6-9-17-7-4-3-5-8-17/h3-5,7-8,10-13H,6,9,14-16H2,1-2H3,(H,21,23)/p+1. The number of nitrogens with one attached hydrogen (secondary N) is 2. The molecule has 1 amide bonds. The topological polar surface area (TPSA) is 33.5 Å². The van der Waals surface area contributed by atoms with Crippen molar-refractivity contribution in [1.29, 1.82) is 0 Å². The lowest BCUT2D eigenvalue weighted by atomic mass is 10.1. The smallest absolute Gasteiger partial charge is 0.275 e. The zero-order chi connectivity index (χ0) is 17.2. The summed E-state index contributed by atoms with van der Waals surface area (Å²) in [6.07, 6.45) is 4.06. The van der Waals surface area contributed by atoms with E-state index in [0.717, 1.165) is 25.9 Å². The molecule has 0 saturated carbocycles. The molecule has 1 unspecified atom stereocenters. The molecule has 4 heteroatoms. The van der Waals surface area contributed by atoms with Gasteiger partial charge in [-0.25, -0.2) is 0 Å². The maximum atomic E-state index is 12.0. The van der Waals surface area contributed by atoms with Gasteiger partial charge in [0, 0.05) is 17.0 Å². The second-order valence-electron chi connectivity index (χ2n) is 6.10. The molecule has 0 bridgehead atoms. The van der Waals surface area contributed by atoms with Gasteiger partial charge in [-0.1, -0.05) is 42.5 Å². The number of benzene rings is 2. The van der Waals surface area contributed by atoms with E-state index in [1.54, 1.807) is 11.8 Å². The van der Waals surface area contributed by atoms with Crippen molar-refractivity contribution in [2.75, 3.05) is 26.4 Å². The van der Waals surface area contributed by atoms with E-state index in [1.165, 1.54) is 20.9 Å². The summed E-state index contributed by atoms with van der Waals surface area (Å²) in [7, 11) is 2.06. The Labute approximate surface area is 149 Å². The Morgan fingerprint density at radius 3 is 2.42 bits per heavy atom. The van der Waals surface area contributed by atoms with Crippen LogP contribution in [-0.2, 0) is 17.8 Å². The second kappa shape index (κ2) is 10.2. The molecule has 0 aromatic heterocycles. The van der Waals surface area contributed by atoms with Crippen molar-refractivity contribution in [3.63, 3.8) is 0 Å². The average Bonchev–Trinajstić information content (AvgIpc) is 2.60. The number of quaternary nitrogens is 1. The summed E-state index contributed by atoms with van der Waals surface area (Å²) in [6, 6.07) is 19.0. The number of aryl methyl sites for hydroxylation is 1. The number of carbonyl (C=O) groups excluding carboxylic acids is 1. The molecule has 2 rings (SSSR count). The van der Waals surface area contributed by atoms with E-state index in [1.807, 2.05) is 6.07 Å². The summed E-state index contributed by atoms with van der Waals surface area (Å²) in [4.78, 5) is 14.5. The van der Waals surface area contributed by atoms with Gasteiger partial charge in [0.25, 0.3) is 5.91 Å². The molecular weight excluding hydrogens is 316 g/mol. The zero-order valence-corrected chi connectivity index (χ0v) is 15.4. The quantitative estimate of drug-likeness (QED) is 0.540. The maximum Gasteiger partial charge on any atom is 0.275 e. The number of hydrogen-bond donors (Lipinski definition) is 2. The van der Waals surface area contributed by atoms with Gasteiger partial charge >= 0.3 is 0 Å². The normalized spacial score (nSPS) is 11.9. The van der Waals surface area contributed by atoms with Crippen molar-refractivity contribution in [3.05, 3.63) is 65.7 Å². The van der Waals surface area contributed by atoms with Gasteiger partial charge in [0.2, 0.25) is 0 Å². The van der Waals surface area contributed by atoms with Gasteiger partial charge in [0.05, 0.1) is 7.05 Å². The highest BCUT2D eigenvalue weighted by molar-refractivity contribution is 7.98. The lowest BCUT2D eigenvalue weighted by molar-refractivity contribution is -0.885. The van der Waals surface area contributed by atoms with Crippen LogP contribution in [0.3, 0.4) is 0 Å². The van der Waals surface area contributed by atoms with Gasteiger partial charge in [-0.3, -0.25) is 4.79 Å². The van der Waals surface area contributed by atoms with Crippen molar-refractivity contribution < 1.29 is 9.69 Å². The maximum absolute atomic E-state index is 12.0. The molecular formula is C20H27N2OS+. The number of thioether (sulfide) groups is 1. The Balaban J connectivity index is 1.64. The third kappa shape index (κ3) is 6.77. The molecule has 0 fully saturated rings. The summed E-state index contributed by atoms with van der Waals surface area (Å²) < 4.78 is 0. The Morgan fingerprint density at radius 1 is 1.04 bits per heavy atom. The molecule has 0 aliphatic heterocycles. The molecule has 0 heterocycles. The van der Waals surface area contributed by atoms with Crippen LogP contribution in [0.4, 0.5) is 0 Å². The van der Waals surface area contributed by atoms with E-state index in [9.17, 15) is 4.79 Å². The number of amides is 1. The molecule has 0 radical (unpaired) electrons. The molecule has 3 nitrogen and oxygen atoms in total. The number of likely N-dealkylation sites (N-methyl/N-ethyl adjacent to an activating group) is 1. The van der Waals surface area contributed by atoms with Crippen LogP contribution < -0.4 is 10.2 Å². The highest BCUT2D eigenvalue weighted by atomic mass is 32.2. The van der Waals surface area contributed by atoms with E-state index in [4.69, 9.17) is 0 Å². The molecule has 2 N–H and O–H groups in total. The van der Waals surface area contributed by atoms with Crippen LogP contribution in [0.5, 0.6) is 0 Å². The van der Waals surface area contributed by atoms with Gasteiger partial charge in [-0.2, -0.15) is 0 Å². The largest absolute Gasteiger partial charge is 0.351 e. The lowest BCUT2D eigenvalue weighted by Crippen LogP contribution is -3.08.